The lowest BCUT2D eigenvalue weighted by molar-refractivity contribution is 0.0844. The molecule has 0 aromatic heterocycles. The van der Waals surface area contributed by atoms with Gasteiger partial charge in [0.05, 0.1) is 25.9 Å². The van der Waals surface area contributed by atoms with Crippen molar-refractivity contribution in [2.75, 3.05) is 6.61 Å². The standard InChI is InChI=1S/C16H30O7P2/c1-12(10-11-22-25(20,21)23-24(17,18)19)6-9-15-13(2)7-8-14(3)16(15,4)5/h10,14-15H,6-9,11H2,1-5H3,(H2-,17,18,19,20,21)/p+1/b12-10-/t14-,15+/m0/s1. The first-order valence-electron chi connectivity index (χ1n) is 8.47. The third-order valence-corrected chi connectivity index (χ3v) is 7.59. The number of hydrogen-bond acceptors (Lipinski definition) is 4. The summed E-state index contributed by atoms with van der Waals surface area (Å²) < 4.78 is 30.2. The molecule has 1 aliphatic rings. The number of phosphoric acid groups is 2. The monoisotopic (exact) mass is 397 g/mol. The molecular weight excluding hydrogens is 366 g/mol. The van der Waals surface area contributed by atoms with Crippen LogP contribution in [0.5, 0.6) is 0 Å². The van der Waals surface area contributed by atoms with Gasteiger partial charge >= 0.3 is 15.6 Å². The second kappa shape index (κ2) is 8.71. The summed E-state index contributed by atoms with van der Waals surface area (Å²) in [6.45, 7) is 10.8. The Balaban J connectivity index is 2.53. The van der Waals surface area contributed by atoms with E-state index in [1.165, 1.54) is 12.3 Å². The first-order valence-corrected chi connectivity index (χ1v) is 11.5. The van der Waals surface area contributed by atoms with Gasteiger partial charge in [-0.25, -0.2) is 9.13 Å². The Kier molecular flexibility index (Phi) is 7.98. The van der Waals surface area contributed by atoms with Crippen molar-refractivity contribution in [2.45, 2.75) is 60.3 Å². The fraction of sp³-hybridized carbons (Fsp3) is 0.812. The van der Waals surface area contributed by atoms with Crippen molar-refractivity contribution in [3.63, 3.8) is 0 Å². The number of hydrogen-bond donors (Lipinski definition) is 3. The maximum Gasteiger partial charge on any atom is 0.481 e. The molecular formula is C16H31O7P2+. The molecule has 0 bridgehead atoms. The summed E-state index contributed by atoms with van der Waals surface area (Å²) in [5.41, 5.74) is 1.25. The number of rotatable bonds is 8. The van der Waals surface area contributed by atoms with Crippen LogP contribution in [0.2, 0.25) is 0 Å². The highest BCUT2D eigenvalue weighted by atomic mass is 31.3. The summed E-state index contributed by atoms with van der Waals surface area (Å²) in [4.78, 5) is 26.3. The summed E-state index contributed by atoms with van der Waals surface area (Å²) in [6, 6.07) is 0. The molecule has 146 valence electrons. The number of phosphoric ester groups is 1. The van der Waals surface area contributed by atoms with E-state index in [4.69, 9.17) is 9.79 Å². The summed E-state index contributed by atoms with van der Waals surface area (Å²) in [7, 11) is -9.84. The quantitative estimate of drug-likeness (QED) is 0.311. The lowest BCUT2D eigenvalue weighted by atomic mass is 9.58. The maximum atomic E-state index is 11.4. The van der Waals surface area contributed by atoms with Gasteiger partial charge in [0.25, 0.3) is 0 Å². The van der Waals surface area contributed by atoms with Crippen molar-refractivity contribution < 1.29 is 32.6 Å². The van der Waals surface area contributed by atoms with E-state index in [1.807, 2.05) is 6.92 Å². The third-order valence-electron chi connectivity index (χ3n) is 5.44. The van der Waals surface area contributed by atoms with Gasteiger partial charge in [0.1, 0.15) is 5.92 Å². The van der Waals surface area contributed by atoms with E-state index >= 15 is 0 Å². The largest absolute Gasteiger partial charge is 0.481 e. The zero-order chi connectivity index (χ0) is 19.5. The lowest BCUT2D eigenvalue weighted by Crippen LogP contribution is -2.38. The molecule has 1 rings (SSSR count). The van der Waals surface area contributed by atoms with Gasteiger partial charge in [0, 0.05) is 5.41 Å². The van der Waals surface area contributed by atoms with E-state index in [9.17, 15) is 14.0 Å². The molecule has 0 saturated heterocycles. The van der Waals surface area contributed by atoms with Crippen LogP contribution in [0.4, 0.5) is 0 Å². The van der Waals surface area contributed by atoms with E-state index in [2.05, 4.69) is 36.5 Å². The molecule has 0 aliphatic heterocycles. The molecule has 3 N–H and O–H groups in total. The first kappa shape index (κ1) is 22.9. The van der Waals surface area contributed by atoms with Crippen molar-refractivity contribution in [2.24, 2.45) is 17.3 Å². The van der Waals surface area contributed by atoms with E-state index in [1.54, 1.807) is 6.08 Å². The van der Waals surface area contributed by atoms with Gasteiger partial charge in [-0.05, 0) is 32.1 Å². The van der Waals surface area contributed by atoms with Crippen molar-refractivity contribution in [1.82, 2.24) is 0 Å². The fourth-order valence-electron chi connectivity index (χ4n) is 3.49. The molecule has 9 heteroatoms. The van der Waals surface area contributed by atoms with Crippen molar-refractivity contribution in [3.05, 3.63) is 17.6 Å². The minimum Gasteiger partial charge on any atom is -0.302 e. The Bertz CT molecular complexity index is 567. The Morgan fingerprint density at radius 2 is 1.92 bits per heavy atom. The van der Waals surface area contributed by atoms with E-state index in [-0.39, 0.29) is 12.0 Å². The smallest absolute Gasteiger partial charge is 0.302 e. The zero-order valence-electron chi connectivity index (χ0n) is 15.6. The van der Waals surface area contributed by atoms with Crippen molar-refractivity contribution in [3.8, 4) is 0 Å². The maximum absolute atomic E-state index is 11.4. The zero-order valence-corrected chi connectivity index (χ0v) is 17.4. The van der Waals surface area contributed by atoms with Gasteiger partial charge in [0.2, 0.25) is 0 Å². The number of allylic oxidation sites excluding steroid dienone is 1. The van der Waals surface area contributed by atoms with Crippen molar-refractivity contribution >= 4 is 15.6 Å². The van der Waals surface area contributed by atoms with Crippen LogP contribution in [0.3, 0.4) is 0 Å². The summed E-state index contributed by atoms with van der Waals surface area (Å²) in [5, 5.41) is 0. The van der Waals surface area contributed by atoms with Crippen LogP contribution in [0.1, 0.15) is 60.3 Å². The Labute approximate surface area is 150 Å². The molecule has 0 radical (unpaired) electrons. The Hall–Kier alpha value is -0.130. The SMILES string of the molecule is C/C(=C/COP(=O)(O)OP(=O)(O)O)CC[C@@H]1[C+](C)CC[C@H](C)C1(C)C. The summed E-state index contributed by atoms with van der Waals surface area (Å²) >= 11 is 0. The van der Waals surface area contributed by atoms with E-state index < -0.39 is 15.6 Å². The van der Waals surface area contributed by atoms with Gasteiger partial charge in [-0.15, -0.1) is 0 Å². The molecule has 0 heterocycles. The molecule has 1 saturated carbocycles. The average molecular weight is 397 g/mol. The van der Waals surface area contributed by atoms with Gasteiger partial charge in [-0.1, -0.05) is 32.4 Å². The summed E-state index contributed by atoms with van der Waals surface area (Å²) in [5.74, 6) is 2.73. The third kappa shape index (κ3) is 7.56. The molecule has 1 aliphatic carbocycles. The first-order chi connectivity index (χ1) is 11.2. The normalized spacial score (nSPS) is 27.2. The lowest BCUT2D eigenvalue weighted by Gasteiger charge is -2.41. The fourth-order valence-corrected chi connectivity index (χ4v) is 5.02. The molecule has 1 fully saturated rings. The molecule has 1 unspecified atom stereocenters. The molecule has 25 heavy (non-hydrogen) atoms. The van der Waals surface area contributed by atoms with Crippen LogP contribution in [0.15, 0.2) is 11.6 Å². The van der Waals surface area contributed by atoms with Crippen LogP contribution in [-0.4, -0.2) is 21.3 Å². The van der Waals surface area contributed by atoms with E-state index in [0.29, 0.717) is 11.8 Å². The Morgan fingerprint density at radius 1 is 1.32 bits per heavy atom. The van der Waals surface area contributed by atoms with Gasteiger partial charge in [0.15, 0.2) is 0 Å². The highest BCUT2D eigenvalue weighted by Gasteiger charge is 2.47. The van der Waals surface area contributed by atoms with Crippen LogP contribution in [0.25, 0.3) is 0 Å². The molecule has 3 atom stereocenters. The van der Waals surface area contributed by atoms with Gasteiger partial charge in [-0.2, -0.15) is 4.31 Å². The average Bonchev–Trinajstić information content (AvgIpc) is 2.40. The predicted molar refractivity (Wildman–Crippen MR) is 96.5 cm³/mol. The van der Waals surface area contributed by atoms with Crippen LogP contribution in [-0.2, 0) is 18.0 Å². The van der Waals surface area contributed by atoms with Crippen molar-refractivity contribution in [1.29, 1.82) is 0 Å². The predicted octanol–water partition coefficient (Wildman–Crippen LogP) is 4.61. The van der Waals surface area contributed by atoms with Crippen LogP contribution < -0.4 is 0 Å². The van der Waals surface area contributed by atoms with Crippen LogP contribution >= 0.6 is 15.6 Å². The highest BCUT2D eigenvalue weighted by molar-refractivity contribution is 7.60. The Morgan fingerprint density at radius 3 is 2.48 bits per heavy atom. The summed E-state index contributed by atoms with van der Waals surface area (Å²) in [6.07, 6.45) is 5.86. The van der Waals surface area contributed by atoms with Gasteiger partial charge < -0.3 is 14.7 Å². The molecule has 0 aromatic rings. The minimum atomic E-state index is -5.07. The van der Waals surface area contributed by atoms with Crippen LogP contribution in [0, 0.1) is 23.2 Å². The molecule has 0 spiro atoms. The molecule has 0 aromatic carbocycles. The second-order valence-corrected chi connectivity index (χ2v) is 10.4. The second-order valence-electron chi connectivity index (χ2n) is 7.59. The topological polar surface area (TPSA) is 113 Å². The van der Waals surface area contributed by atoms with Gasteiger partial charge in [-0.3, -0.25) is 4.52 Å². The highest BCUT2D eigenvalue weighted by Crippen LogP contribution is 2.57. The van der Waals surface area contributed by atoms with E-state index in [0.717, 1.165) is 24.8 Å². The molecule has 7 nitrogen and oxygen atoms in total. The molecule has 0 amide bonds. The minimum absolute atomic E-state index is 0.243.